The lowest BCUT2D eigenvalue weighted by Crippen LogP contribution is -2.64. The second-order valence-corrected chi connectivity index (χ2v) is 10.0. The summed E-state index contributed by atoms with van der Waals surface area (Å²) in [5.74, 6) is 0. The van der Waals surface area contributed by atoms with Gasteiger partial charge in [-0.25, -0.2) is 0 Å². The third-order valence-corrected chi connectivity index (χ3v) is 8.83. The maximum absolute atomic E-state index is 5.86. The molecule has 0 amide bonds. The van der Waals surface area contributed by atoms with Crippen molar-refractivity contribution in [1.29, 1.82) is 0 Å². The minimum atomic E-state index is -2.25. The Morgan fingerprint density at radius 1 is 0.720 bits per heavy atom. The fraction of sp³-hybridized carbons (Fsp3) is 0.0476. The number of benzene rings is 2. The Bertz CT molecular complexity index is 913. The Balaban J connectivity index is 1.87. The van der Waals surface area contributed by atoms with Crippen LogP contribution in [0.1, 0.15) is 0 Å². The molecule has 3 nitrogen and oxygen atoms in total. The van der Waals surface area contributed by atoms with Crippen molar-refractivity contribution in [2.24, 2.45) is 0 Å². The van der Waals surface area contributed by atoms with Gasteiger partial charge in [-0.1, -0.05) is 78.4 Å². The zero-order valence-corrected chi connectivity index (χ0v) is 15.0. The van der Waals surface area contributed by atoms with Gasteiger partial charge in [-0.05, 0) is 22.5 Å². The molecule has 4 rings (SSSR count). The van der Waals surface area contributed by atoms with Crippen LogP contribution in [-0.4, -0.2) is 18.2 Å². The van der Waals surface area contributed by atoms with E-state index < -0.39 is 8.07 Å². The van der Waals surface area contributed by atoms with Gasteiger partial charge in [0.15, 0.2) is 8.07 Å². The first-order valence-electron chi connectivity index (χ1n) is 8.28. The predicted octanol–water partition coefficient (Wildman–Crippen LogP) is 2.84. The molecule has 0 aliphatic carbocycles. The molecule has 0 aliphatic heterocycles. The average Bonchev–Trinajstić information content (AvgIpc) is 3.20. The summed E-state index contributed by atoms with van der Waals surface area (Å²) in [6, 6.07) is 29.0. The van der Waals surface area contributed by atoms with Crippen LogP contribution in [-0.2, 0) is 0 Å². The third-order valence-electron chi connectivity index (χ3n) is 4.63. The minimum absolute atomic E-state index is 0.779. The number of hydrogen-bond donors (Lipinski definition) is 0. The normalized spacial score (nSPS) is 11.4. The molecular weight excluding hydrogens is 324 g/mol. The summed E-state index contributed by atoms with van der Waals surface area (Å²) in [5.41, 5.74) is 1.61. The Morgan fingerprint density at radius 3 is 1.88 bits per heavy atom. The topological polar surface area (TPSA) is 38.9 Å². The van der Waals surface area contributed by atoms with Crippen LogP contribution in [0.25, 0.3) is 11.4 Å². The van der Waals surface area contributed by atoms with Crippen molar-refractivity contribution in [3.63, 3.8) is 0 Å². The van der Waals surface area contributed by atoms with Gasteiger partial charge in [0.1, 0.15) is 11.1 Å². The fourth-order valence-corrected chi connectivity index (χ4v) is 6.41. The highest BCUT2D eigenvalue weighted by molar-refractivity contribution is 7.10. The van der Waals surface area contributed by atoms with Gasteiger partial charge in [0.05, 0.1) is 5.69 Å². The van der Waals surface area contributed by atoms with Gasteiger partial charge < -0.3 is 4.52 Å². The molecular formula is C21H18N2OSi. The zero-order valence-electron chi connectivity index (χ0n) is 14.0. The van der Waals surface area contributed by atoms with Gasteiger partial charge in [0.2, 0.25) is 0 Å². The van der Waals surface area contributed by atoms with E-state index in [2.05, 4.69) is 71.3 Å². The van der Waals surface area contributed by atoms with Gasteiger partial charge >= 0.3 is 0 Å². The maximum Gasteiger partial charge on any atom is 0.193 e. The number of rotatable bonds is 4. The SMILES string of the molecule is C[Si](c1ccccc1)(c1ccccc1)c1cc(-c2ccccn2)no1. The molecule has 0 saturated carbocycles. The quantitative estimate of drug-likeness (QED) is 0.535. The Hall–Kier alpha value is -2.98. The zero-order chi connectivity index (χ0) is 17.1. The van der Waals surface area contributed by atoms with E-state index in [-0.39, 0.29) is 0 Å². The molecule has 0 radical (unpaired) electrons. The smallest absolute Gasteiger partial charge is 0.193 e. The molecule has 0 fully saturated rings. The number of pyridine rings is 1. The molecule has 0 unspecified atom stereocenters. The second kappa shape index (κ2) is 6.49. The van der Waals surface area contributed by atoms with E-state index in [1.54, 1.807) is 6.20 Å². The standard InChI is InChI=1S/C21H18N2OSi/c1-25(17-10-4-2-5-11-17,18-12-6-3-7-13-18)21-16-20(23-24-21)19-14-8-9-15-22-19/h2-16H,1H3. The summed E-state index contributed by atoms with van der Waals surface area (Å²) in [6.45, 7) is 2.31. The molecule has 25 heavy (non-hydrogen) atoms. The van der Waals surface area contributed by atoms with Gasteiger partial charge in [-0.2, -0.15) is 0 Å². The molecule has 2 aromatic carbocycles. The molecule has 4 aromatic rings. The van der Waals surface area contributed by atoms with Crippen LogP contribution < -0.4 is 15.8 Å². The van der Waals surface area contributed by atoms with Gasteiger partial charge in [0, 0.05) is 12.3 Å². The predicted molar refractivity (Wildman–Crippen MR) is 103 cm³/mol. The van der Waals surface area contributed by atoms with Crippen LogP contribution in [0.4, 0.5) is 0 Å². The fourth-order valence-electron chi connectivity index (χ4n) is 3.14. The van der Waals surface area contributed by atoms with Crippen molar-refractivity contribution >= 4 is 23.8 Å². The van der Waals surface area contributed by atoms with Crippen LogP contribution in [0.5, 0.6) is 0 Å². The Labute approximate surface area is 148 Å². The highest BCUT2D eigenvalue weighted by Gasteiger charge is 2.38. The Morgan fingerprint density at radius 2 is 1.32 bits per heavy atom. The maximum atomic E-state index is 5.86. The molecule has 2 heterocycles. The third kappa shape index (κ3) is 2.81. The van der Waals surface area contributed by atoms with E-state index in [0.29, 0.717) is 0 Å². The molecule has 0 spiro atoms. The summed E-state index contributed by atoms with van der Waals surface area (Å²) in [5, 5.41) is 7.83. The van der Waals surface area contributed by atoms with Crippen molar-refractivity contribution < 1.29 is 4.52 Å². The average molecular weight is 342 g/mol. The first-order chi connectivity index (χ1) is 12.3. The van der Waals surface area contributed by atoms with E-state index in [0.717, 1.165) is 16.8 Å². The molecule has 2 aromatic heterocycles. The van der Waals surface area contributed by atoms with Gasteiger partial charge in [-0.15, -0.1) is 0 Å². The molecule has 0 saturated heterocycles. The van der Waals surface area contributed by atoms with Crippen LogP contribution in [0.2, 0.25) is 6.55 Å². The summed E-state index contributed by atoms with van der Waals surface area (Å²) in [4.78, 5) is 4.38. The van der Waals surface area contributed by atoms with Gasteiger partial charge in [0.25, 0.3) is 0 Å². The van der Waals surface area contributed by atoms with E-state index in [1.807, 2.05) is 30.3 Å². The van der Waals surface area contributed by atoms with Crippen molar-refractivity contribution in [2.45, 2.75) is 6.55 Å². The van der Waals surface area contributed by atoms with Crippen LogP contribution >= 0.6 is 0 Å². The Kier molecular flexibility index (Phi) is 4.03. The van der Waals surface area contributed by atoms with Crippen LogP contribution in [0.15, 0.2) is 95.6 Å². The van der Waals surface area contributed by atoms with Crippen molar-refractivity contribution in [1.82, 2.24) is 10.1 Å². The molecule has 0 aliphatic rings. The second-order valence-electron chi connectivity index (χ2n) is 6.15. The highest BCUT2D eigenvalue weighted by atomic mass is 28.3. The molecule has 122 valence electrons. The van der Waals surface area contributed by atoms with Crippen molar-refractivity contribution in [3.05, 3.63) is 91.1 Å². The summed E-state index contributed by atoms with van der Waals surface area (Å²) in [7, 11) is -2.25. The van der Waals surface area contributed by atoms with Gasteiger partial charge in [-0.3, -0.25) is 4.98 Å². The van der Waals surface area contributed by atoms with Crippen molar-refractivity contribution in [3.8, 4) is 11.4 Å². The summed E-state index contributed by atoms with van der Waals surface area (Å²) in [6.07, 6.45) is 1.77. The molecule has 0 bridgehead atoms. The van der Waals surface area contributed by atoms with Crippen LogP contribution in [0, 0.1) is 0 Å². The number of aromatic nitrogens is 2. The lowest BCUT2D eigenvalue weighted by molar-refractivity contribution is 0.446. The van der Waals surface area contributed by atoms with E-state index in [9.17, 15) is 0 Å². The van der Waals surface area contributed by atoms with E-state index in [4.69, 9.17) is 4.52 Å². The van der Waals surface area contributed by atoms with Crippen LogP contribution in [0.3, 0.4) is 0 Å². The summed E-state index contributed by atoms with van der Waals surface area (Å²) < 4.78 is 5.86. The first kappa shape index (κ1) is 15.5. The minimum Gasteiger partial charge on any atom is -0.365 e. The number of hydrogen-bond acceptors (Lipinski definition) is 3. The summed E-state index contributed by atoms with van der Waals surface area (Å²) >= 11 is 0. The largest absolute Gasteiger partial charge is 0.365 e. The van der Waals surface area contributed by atoms with Crippen molar-refractivity contribution in [2.75, 3.05) is 0 Å². The first-order valence-corrected chi connectivity index (χ1v) is 10.8. The highest BCUT2D eigenvalue weighted by Crippen LogP contribution is 2.15. The lowest BCUT2D eigenvalue weighted by Gasteiger charge is -2.25. The lowest BCUT2D eigenvalue weighted by atomic mass is 10.3. The monoisotopic (exact) mass is 342 g/mol. The van der Waals surface area contributed by atoms with E-state index in [1.165, 1.54) is 10.4 Å². The molecule has 0 atom stereocenters. The molecule has 4 heteroatoms. The van der Waals surface area contributed by atoms with E-state index >= 15 is 0 Å². The number of nitrogens with zero attached hydrogens (tertiary/aromatic N) is 2. The molecule has 0 N–H and O–H groups in total.